The fraction of sp³-hybridized carbons (Fsp3) is 0.0465. The zero-order chi connectivity index (χ0) is 33.4. The highest BCUT2D eigenvalue weighted by Gasteiger charge is 2.19. The maximum absolute atomic E-state index is 5.34. The van der Waals surface area contributed by atoms with Crippen LogP contribution in [0.2, 0.25) is 0 Å². The number of nitrogens with zero attached hydrogens (tertiary/aromatic N) is 5. The van der Waals surface area contributed by atoms with Crippen molar-refractivity contribution >= 4 is 46.4 Å². The minimum atomic E-state index is 0.812. The van der Waals surface area contributed by atoms with Crippen molar-refractivity contribution in [2.45, 2.75) is 13.3 Å². The number of pyridine rings is 3. The molecule has 1 aromatic carbocycles. The van der Waals surface area contributed by atoms with Crippen molar-refractivity contribution in [2.75, 3.05) is 0 Å². The van der Waals surface area contributed by atoms with Crippen molar-refractivity contribution < 1.29 is 0 Å². The van der Waals surface area contributed by atoms with Crippen LogP contribution in [-0.4, -0.2) is 34.9 Å². The second-order valence-electron chi connectivity index (χ2n) is 12.3. The van der Waals surface area contributed by atoms with E-state index < -0.39 is 0 Å². The SMILES string of the molecule is CCc1ccc(-c2c3nc(c(-c4cccnc4)c4ccc([nH]4)c(-c4ccccn4)c4nc(c(-c5cccnc5)c5ccc2[nH]5)C=C4)C=C3)cc1. The first-order valence-corrected chi connectivity index (χ1v) is 16.7. The molecule has 2 aliphatic heterocycles. The number of aromatic nitrogens is 7. The minimum Gasteiger partial charge on any atom is -0.354 e. The normalized spacial score (nSPS) is 12.0. The third-order valence-corrected chi connectivity index (χ3v) is 9.23. The fourth-order valence-corrected chi connectivity index (χ4v) is 6.83. The highest BCUT2D eigenvalue weighted by molar-refractivity contribution is 5.99. The lowest BCUT2D eigenvalue weighted by molar-refractivity contribution is 1.14. The number of H-pyrrole nitrogens is 2. The molecule has 50 heavy (non-hydrogen) atoms. The Balaban J connectivity index is 1.47. The third-order valence-electron chi connectivity index (χ3n) is 9.23. The minimum absolute atomic E-state index is 0.812. The van der Waals surface area contributed by atoms with Gasteiger partial charge in [0.15, 0.2) is 0 Å². The summed E-state index contributed by atoms with van der Waals surface area (Å²) in [4.78, 5) is 31.9. The molecule has 2 N–H and O–H groups in total. The molecule has 2 aliphatic rings. The van der Waals surface area contributed by atoms with Crippen molar-refractivity contribution in [1.82, 2.24) is 34.9 Å². The number of benzene rings is 1. The predicted octanol–water partition coefficient (Wildman–Crippen LogP) is 10.1. The number of hydrogen-bond acceptors (Lipinski definition) is 5. The number of rotatable bonds is 5. The van der Waals surface area contributed by atoms with Gasteiger partial charge in [-0.05, 0) is 90.4 Å². The third kappa shape index (κ3) is 5.22. The molecule has 6 aromatic heterocycles. The van der Waals surface area contributed by atoms with E-state index in [4.69, 9.17) is 15.0 Å². The summed E-state index contributed by atoms with van der Waals surface area (Å²) in [5, 5.41) is 0. The average molecular weight is 646 g/mol. The van der Waals surface area contributed by atoms with Crippen molar-refractivity contribution in [3.05, 3.63) is 150 Å². The zero-order valence-corrected chi connectivity index (χ0v) is 27.3. The molecule has 0 amide bonds. The molecule has 0 saturated heterocycles. The Morgan fingerprint density at radius 1 is 0.460 bits per heavy atom. The van der Waals surface area contributed by atoms with Crippen molar-refractivity contribution in [2.24, 2.45) is 0 Å². The van der Waals surface area contributed by atoms with Crippen LogP contribution in [0.3, 0.4) is 0 Å². The first-order chi connectivity index (χ1) is 24.7. The van der Waals surface area contributed by atoms with Crippen molar-refractivity contribution in [1.29, 1.82) is 0 Å². The second kappa shape index (κ2) is 12.4. The van der Waals surface area contributed by atoms with E-state index in [-0.39, 0.29) is 0 Å². The molecule has 0 saturated carbocycles. The Morgan fingerprint density at radius 3 is 1.42 bits per heavy atom. The van der Waals surface area contributed by atoms with E-state index in [2.05, 4.69) is 112 Å². The quantitative estimate of drug-likeness (QED) is 0.194. The Kier molecular flexibility index (Phi) is 7.28. The van der Waals surface area contributed by atoms with E-state index in [1.807, 2.05) is 48.9 Å². The van der Waals surface area contributed by atoms with Crippen molar-refractivity contribution in [3.63, 3.8) is 0 Å². The van der Waals surface area contributed by atoms with Gasteiger partial charge < -0.3 is 9.97 Å². The summed E-state index contributed by atoms with van der Waals surface area (Å²) in [6, 6.07) is 31.3. The highest BCUT2D eigenvalue weighted by Crippen LogP contribution is 2.37. The number of aryl methyl sites for hydroxylation is 1. The molecular weight excluding hydrogens is 615 g/mol. The Morgan fingerprint density at radius 2 is 0.960 bits per heavy atom. The van der Waals surface area contributed by atoms with Crippen LogP contribution in [-0.2, 0) is 6.42 Å². The summed E-state index contributed by atoms with van der Waals surface area (Å²) in [5.41, 5.74) is 16.0. The highest BCUT2D eigenvalue weighted by atomic mass is 14.8. The largest absolute Gasteiger partial charge is 0.354 e. The van der Waals surface area contributed by atoms with Gasteiger partial charge in [-0.25, -0.2) is 9.97 Å². The van der Waals surface area contributed by atoms with Gasteiger partial charge in [0.05, 0.1) is 34.0 Å². The van der Waals surface area contributed by atoms with Gasteiger partial charge in [-0.3, -0.25) is 15.0 Å². The Hall–Kier alpha value is -6.73. The lowest BCUT2D eigenvalue weighted by atomic mass is 10.0. The molecule has 7 nitrogen and oxygen atoms in total. The maximum Gasteiger partial charge on any atom is 0.0753 e. The van der Waals surface area contributed by atoms with E-state index >= 15 is 0 Å². The smallest absolute Gasteiger partial charge is 0.0753 e. The van der Waals surface area contributed by atoms with Crippen LogP contribution >= 0.6 is 0 Å². The standard InChI is InChI=1S/C43H31N7/c1-2-27-10-12-28(13-11-27)40-32-14-16-34(47-32)41(29-7-5-22-44-25-29)36-18-20-38(49-36)43(31-9-3-4-24-46-31)39-21-19-37(50-39)42(30-8-6-23-45-26-30)35-17-15-33(40)48-35/h3-26,47,50H,2H2,1H3. The van der Waals surface area contributed by atoms with Crippen LogP contribution in [0, 0.1) is 0 Å². The van der Waals surface area contributed by atoms with Gasteiger partial charge in [0.2, 0.25) is 0 Å². The zero-order valence-electron chi connectivity index (χ0n) is 27.3. The number of aromatic amines is 2. The summed E-state index contributed by atoms with van der Waals surface area (Å²) in [7, 11) is 0. The summed E-state index contributed by atoms with van der Waals surface area (Å²) < 4.78 is 0. The number of nitrogens with one attached hydrogen (secondary N) is 2. The topological polar surface area (TPSA) is 96.0 Å². The molecule has 8 heterocycles. The number of fused-ring (bicyclic) bond motifs is 8. The molecule has 0 spiro atoms. The van der Waals surface area contributed by atoms with Crippen LogP contribution in [0.15, 0.2) is 122 Å². The molecule has 0 aliphatic carbocycles. The molecule has 0 radical (unpaired) electrons. The van der Waals surface area contributed by atoms with Crippen LogP contribution < -0.4 is 0 Å². The molecule has 0 atom stereocenters. The molecule has 7 aromatic rings. The Bertz CT molecular complexity index is 2560. The van der Waals surface area contributed by atoms with E-state index in [1.165, 1.54) is 5.56 Å². The summed E-state index contributed by atoms with van der Waals surface area (Å²) in [5.74, 6) is 0. The van der Waals surface area contributed by atoms with Gasteiger partial charge in [-0.15, -0.1) is 0 Å². The van der Waals surface area contributed by atoms with Crippen LogP contribution in [0.25, 0.3) is 91.0 Å². The molecule has 8 bridgehead atoms. The average Bonchev–Trinajstić information content (AvgIpc) is 4.01. The van der Waals surface area contributed by atoms with E-state index in [9.17, 15) is 0 Å². The second-order valence-corrected chi connectivity index (χ2v) is 12.3. The van der Waals surface area contributed by atoms with Gasteiger partial charge in [0.1, 0.15) is 0 Å². The van der Waals surface area contributed by atoms with E-state index in [0.29, 0.717) is 0 Å². The van der Waals surface area contributed by atoms with E-state index in [0.717, 1.165) is 95.9 Å². The summed E-state index contributed by atoms with van der Waals surface area (Å²) >= 11 is 0. The van der Waals surface area contributed by atoms with Crippen molar-refractivity contribution in [3.8, 4) is 44.6 Å². The van der Waals surface area contributed by atoms with E-state index in [1.54, 1.807) is 12.4 Å². The van der Waals surface area contributed by atoms with Crippen LogP contribution in [0.5, 0.6) is 0 Å². The molecule has 0 fully saturated rings. The van der Waals surface area contributed by atoms with Gasteiger partial charge in [-0.1, -0.05) is 49.4 Å². The fourth-order valence-electron chi connectivity index (χ4n) is 6.83. The van der Waals surface area contributed by atoms with Gasteiger partial charge in [-0.2, -0.15) is 0 Å². The predicted molar refractivity (Wildman–Crippen MR) is 203 cm³/mol. The van der Waals surface area contributed by atoms with Crippen LogP contribution in [0.4, 0.5) is 0 Å². The maximum atomic E-state index is 5.34. The lowest BCUT2D eigenvalue weighted by Gasteiger charge is -2.07. The van der Waals surface area contributed by atoms with Gasteiger partial charge in [0, 0.05) is 80.9 Å². The summed E-state index contributed by atoms with van der Waals surface area (Å²) in [6.07, 6.45) is 18.5. The Labute approximate surface area is 288 Å². The lowest BCUT2D eigenvalue weighted by Crippen LogP contribution is -1.91. The first-order valence-electron chi connectivity index (χ1n) is 16.7. The molecule has 238 valence electrons. The number of hydrogen-bond donors (Lipinski definition) is 2. The van der Waals surface area contributed by atoms with Crippen LogP contribution in [0.1, 0.15) is 35.3 Å². The monoisotopic (exact) mass is 645 g/mol. The molecule has 0 unspecified atom stereocenters. The van der Waals surface area contributed by atoms with Gasteiger partial charge >= 0.3 is 0 Å². The first kappa shape index (κ1) is 29.4. The van der Waals surface area contributed by atoms with Gasteiger partial charge in [0.25, 0.3) is 0 Å². The molecule has 9 rings (SSSR count). The summed E-state index contributed by atoms with van der Waals surface area (Å²) in [6.45, 7) is 2.18. The molecule has 7 heteroatoms. The molecular formula is C43H31N7.